The first kappa shape index (κ1) is 19.2. The van der Waals surface area contributed by atoms with E-state index < -0.39 is 11.9 Å². The van der Waals surface area contributed by atoms with E-state index in [2.05, 4.69) is 10.3 Å². The molecule has 2 rings (SSSR count). The first-order valence-corrected chi connectivity index (χ1v) is 8.01. The molecule has 1 amide bonds. The van der Waals surface area contributed by atoms with Crippen LogP contribution in [0.15, 0.2) is 6.07 Å². The summed E-state index contributed by atoms with van der Waals surface area (Å²) in [6.07, 6.45) is 0.218. The number of methoxy groups -OCH3 is 2. The molecule has 1 aliphatic rings. The van der Waals surface area contributed by atoms with Gasteiger partial charge in [-0.3, -0.25) is 14.5 Å². The fourth-order valence-electron chi connectivity index (χ4n) is 2.77. The molecule has 1 aliphatic heterocycles. The second-order valence-corrected chi connectivity index (χ2v) is 6.09. The molecule has 2 atom stereocenters. The lowest BCUT2D eigenvalue weighted by atomic mass is 10.0. The number of rotatable bonds is 6. The smallest absolute Gasteiger partial charge is 0.317 e. The van der Waals surface area contributed by atoms with Crippen molar-refractivity contribution in [1.29, 1.82) is 0 Å². The molecule has 2 heterocycles. The number of likely N-dealkylation sites (tertiary alicyclic amines) is 1. The van der Waals surface area contributed by atoms with Crippen LogP contribution in [-0.2, 0) is 9.53 Å². The number of nitrogens with zero attached hydrogens (tertiary/aromatic N) is 2. The van der Waals surface area contributed by atoms with Gasteiger partial charge in [-0.05, 0) is 12.5 Å². The number of ether oxygens (including phenoxy) is 2. The van der Waals surface area contributed by atoms with Gasteiger partial charge in [-0.2, -0.15) is 4.98 Å². The van der Waals surface area contributed by atoms with Gasteiger partial charge in [0.15, 0.2) is 0 Å². The average Bonchev–Trinajstić information content (AvgIpc) is 2.57. The van der Waals surface area contributed by atoms with E-state index in [4.69, 9.17) is 31.9 Å². The number of anilines is 1. The number of nitrogens with two attached hydrogens (primary N) is 1. The van der Waals surface area contributed by atoms with Crippen LogP contribution in [0.1, 0.15) is 16.8 Å². The van der Waals surface area contributed by atoms with E-state index >= 15 is 0 Å². The van der Waals surface area contributed by atoms with Crippen LogP contribution in [-0.4, -0.2) is 72.9 Å². The highest BCUT2D eigenvalue weighted by molar-refractivity contribution is 6.33. The number of aromatic nitrogens is 1. The van der Waals surface area contributed by atoms with Gasteiger partial charge in [-0.25, -0.2) is 0 Å². The third kappa shape index (κ3) is 4.71. The van der Waals surface area contributed by atoms with E-state index in [0.29, 0.717) is 19.5 Å². The van der Waals surface area contributed by atoms with Gasteiger partial charge < -0.3 is 25.6 Å². The molecule has 1 aromatic heterocycles. The number of hydrogen-bond acceptors (Lipinski definition) is 7. The van der Waals surface area contributed by atoms with Crippen molar-refractivity contribution in [3.63, 3.8) is 0 Å². The largest absolute Gasteiger partial charge is 0.480 e. The maximum absolute atomic E-state index is 12.6. The van der Waals surface area contributed by atoms with Crippen LogP contribution in [0.5, 0.6) is 5.88 Å². The van der Waals surface area contributed by atoms with Crippen LogP contribution in [0, 0.1) is 0 Å². The lowest BCUT2D eigenvalue weighted by Gasteiger charge is -2.37. The summed E-state index contributed by atoms with van der Waals surface area (Å²) in [6, 6.07) is 1.13. The summed E-state index contributed by atoms with van der Waals surface area (Å²) in [5.41, 5.74) is 5.79. The number of nitrogens with one attached hydrogen (secondary N) is 1. The van der Waals surface area contributed by atoms with E-state index in [0.717, 1.165) is 0 Å². The molecule has 0 spiro atoms. The van der Waals surface area contributed by atoms with Crippen LogP contribution in [0.3, 0.4) is 0 Å². The summed E-state index contributed by atoms with van der Waals surface area (Å²) >= 11 is 5.94. The number of piperidine rings is 1. The van der Waals surface area contributed by atoms with Crippen molar-refractivity contribution in [2.75, 3.05) is 39.6 Å². The van der Waals surface area contributed by atoms with Crippen LogP contribution >= 0.6 is 11.6 Å². The number of nitrogen functional groups attached to an aromatic ring is 1. The van der Waals surface area contributed by atoms with E-state index in [1.54, 1.807) is 4.90 Å². The molecule has 0 saturated carbocycles. The molecule has 1 fully saturated rings. The summed E-state index contributed by atoms with van der Waals surface area (Å²) in [6.45, 7) is 0.881. The van der Waals surface area contributed by atoms with Gasteiger partial charge in [0.05, 0.1) is 30.8 Å². The Morgan fingerprint density at radius 2 is 2.24 bits per heavy atom. The lowest BCUT2D eigenvalue weighted by Crippen LogP contribution is -2.55. The van der Waals surface area contributed by atoms with Crippen molar-refractivity contribution in [2.24, 2.45) is 0 Å². The van der Waals surface area contributed by atoms with Gasteiger partial charge in [-0.15, -0.1) is 0 Å². The SMILES string of the molecule is COc1nc(N)c(Cl)cc1C(=O)N[C@H]1CCN(CC(=O)O)C[C@H]1OC. The first-order valence-electron chi connectivity index (χ1n) is 7.63. The highest BCUT2D eigenvalue weighted by atomic mass is 35.5. The minimum absolute atomic E-state index is 0.0637. The predicted molar refractivity (Wildman–Crippen MR) is 91.0 cm³/mol. The van der Waals surface area contributed by atoms with Crippen molar-refractivity contribution in [3.05, 3.63) is 16.7 Å². The Morgan fingerprint density at radius 1 is 1.52 bits per heavy atom. The van der Waals surface area contributed by atoms with Gasteiger partial charge in [-0.1, -0.05) is 11.6 Å². The summed E-state index contributed by atoms with van der Waals surface area (Å²) < 4.78 is 10.5. The number of halogens is 1. The zero-order valence-electron chi connectivity index (χ0n) is 14.0. The Balaban J connectivity index is 2.10. The van der Waals surface area contributed by atoms with Gasteiger partial charge in [0, 0.05) is 20.2 Å². The maximum atomic E-state index is 12.6. The van der Waals surface area contributed by atoms with Crippen LogP contribution in [0.2, 0.25) is 5.02 Å². The number of aliphatic carboxylic acids is 1. The van der Waals surface area contributed by atoms with Crippen LogP contribution < -0.4 is 15.8 Å². The number of carbonyl (C=O) groups is 2. The number of carbonyl (C=O) groups excluding carboxylic acids is 1. The summed E-state index contributed by atoms with van der Waals surface area (Å²) in [7, 11) is 2.91. The molecule has 25 heavy (non-hydrogen) atoms. The van der Waals surface area contributed by atoms with Gasteiger partial charge in [0.25, 0.3) is 5.91 Å². The topological polar surface area (TPSA) is 127 Å². The predicted octanol–water partition coefficient (Wildman–Crippen LogP) is 0.230. The number of amides is 1. The zero-order valence-corrected chi connectivity index (χ0v) is 14.7. The maximum Gasteiger partial charge on any atom is 0.317 e. The summed E-state index contributed by atoms with van der Waals surface area (Å²) in [5.74, 6) is -1.15. The van der Waals surface area contributed by atoms with E-state index in [1.165, 1.54) is 20.3 Å². The van der Waals surface area contributed by atoms with E-state index in [9.17, 15) is 9.59 Å². The quantitative estimate of drug-likeness (QED) is 0.647. The van der Waals surface area contributed by atoms with Crippen LogP contribution in [0.4, 0.5) is 5.82 Å². The molecular formula is C15H21ClN4O5. The Morgan fingerprint density at radius 3 is 2.84 bits per heavy atom. The minimum atomic E-state index is -0.898. The van der Waals surface area contributed by atoms with E-state index in [-0.39, 0.29) is 41.0 Å². The molecule has 1 aromatic rings. The van der Waals surface area contributed by atoms with Gasteiger partial charge >= 0.3 is 5.97 Å². The third-order valence-electron chi connectivity index (χ3n) is 4.03. The molecule has 0 aromatic carbocycles. The second kappa shape index (κ2) is 8.32. The number of pyridine rings is 1. The Labute approximate surface area is 150 Å². The monoisotopic (exact) mass is 372 g/mol. The number of carboxylic acid groups (broad SMARTS) is 1. The molecule has 0 radical (unpaired) electrons. The Kier molecular flexibility index (Phi) is 6.40. The average molecular weight is 373 g/mol. The first-order chi connectivity index (χ1) is 11.8. The molecule has 0 bridgehead atoms. The van der Waals surface area contributed by atoms with Crippen molar-refractivity contribution < 1.29 is 24.2 Å². The fourth-order valence-corrected chi connectivity index (χ4v) is 2.92. The number of carboxylic acids is 1. The molecule has 0 aliphatic carbocycles. The standard InChI is InChI=1S/C15H21ClN4O5/c1-24-11-6-20(7-12(21)22)4-3-10(11)18-14(23)8-5-9(16)13(17)19-15(8)25-2/h5,10-11H,3-4,6-7H2,1-2H3,(H2,17,19)(H,18,23)(H,21,22)/t10-,11+/m0/s1. The molecule has 138 valence electrons. The van der Waals surface area contributed by atoms with Crippen LogP contribution in [0.25, 0.3) is 0 Å². The Bertz CT molecular complexity index is 657. The normalized spacial score (nSPS) is 20.9. The molecule has 10 heteroatoms. The molecule has 9 nitrogen and oxygen atoms in total. The Hall–Kier alpha value is -2.10. The van der Waals surface area contributed by atoms with Gasteiger partial charge in [0.2, 0.25) is 5.88 Å². The molecule has 4 N–H and O–H groups in total. The van der Waals surface area contributed by atoms with Gasteiger partial charge in [0.1, 0.15) is 11.4 Å². The van der Waals surface area contributed by atoms with Crippen molar-refractivity contribution >= 4 is 29.3 Å². The third-order valence-corrected chi connectivity index (χ3v) is 4.33. The highest BCUT2D eigenvalue weighted by Crippen LogP contribution is 2.25. The second-order valence-electron chi connectivity index (χ2n) is 5.68. The highest BCUT2D eigenvalue weighted by Gasteiger charge is 2.32. The number of hydrogen-bond donors (Lipinski definition) is 3. The lowest BCUT2D eigenvalue weighted by molar-refractivity contribution is -0.139. The van der Waals surface area contributed by atoms with Crippen molar-refractivity contribution in [3.8, 4) is 5.88 Å². The summed E-state index contributed by atoms with van der Waals surface area (Å²) in [5, 5.41) is 11.9. The van der Waals surface area contributed by atoms with E-state index in [1.807, 2.05) is 0 Å². The molecular weight excluding hydrogens is 352 g/mol. The fraction of sp³-hybridized carbons (Fsp3) is 0.533. The zero-order chi connectivity index (χ0) is 18.6. The molecule has 1 saturated heterocycles. The molecule has 0 unspecified atom stereocenters. The summed E-state index contributed by atoms with van der Waals surface area (Å²) in [4.78, 5) is 29.1. The van der Waals surface area contributed by atoms with Crippen molar-refractivity contribution in [2.45, 2.75) is 18.6 Å². The minimum Gasteiger partial charge on any atom is -0.480 e. The van der Waals surface area contributed by atoms with Crippen molar-refractivity contribution in [1.82, 2.24) is 15.2 Å².